The van der Waals surface area contributed by atoms with Crippen molar-refractivity contribution in [3.05, 3.63) is 24.3 Å². The second-order valence-electron chi connectivity index (χ2n) is 6.68. The summed E-state index contributed by atoms with van der Waals surface area (Å²) in [4.78, 5) is 12.1. The normalized spacial score (nSPS) is 15.8. The van der Waals surface area contributed by atoms with Gasteiger partial charge in [-0.1, -0.05) is 25.3 Å². The average molecular weight is 384 g/mol. The Morgan fingerprint density at radius 3 is 2.65 bits per heavy atom. The molecule has 1 aliphatic carbocycles. The van der Waals surface area contributed by atoms with Crippen LogP contribution < -0.4 is 10.6 Å². The molecule has 1 saturated carbocycles. The van der Waals surface area contributed by atoms with Crippen LogP contribution in [0.1, 0.15) is 38.5 Å². The summed E-state index contributed by atoms with van der Waals surface area (Å²) < 4.78 is 31.2. The Labute approximate surface area is 156 Å². The maximum Gasteiger partial charge on any atom is 0.319 e. The average Bonchev–Trinajstić information content (AvgIpc) is 2.62. The first-order valence-corrected chi connectivity index (χ1v) is 10.5. The van der Waals surface area contributed by atoms with Crippen molar-refractivity contribution in [3.8, 4) is 0 Å². The molecule has 146 valence electrons. The van der Waals surface area contributed by atoms with E-state index in [-0.39, 0.29) is 10.9 Å². The molecule has 1 aromatic rings. The van der Waals surface area contributed by atoms with Crippen LogP contribution in [0.15, 0.2) is 29.2 Å². The first-order chi connectivity index (χ1) is 12.4. The van der Waals surface area contributed by atoms with Crippen LogP contribution >= 0.6 is 0 Å². The second-order valence-corrected chi connectivity index (χ2v) is 8.83. The number of benzene rings is 1. The van der Waals surface area contributed by atoms with Gasteiger partial charge in [-0.3, -0.25) is 0 Å². The van der Waals surface area contributed by atoms with Crippen molar-refractivity contribution in [1.29, 1.82) is 0 Å². The van der Waals surface area contributed by atoms with Gasteiger partial charge in [0.15, 0.2) is 0 Å². The number of urea groups is 1. The zero-order chi connectivity index (χ0) is 19.0. The molecular formula is C18H29N3O4S. The first-order valence-electron chi connectivity index (χ1n) is 9.08. The Morgan fingerprint density at radius 1 is 1.23 bits per heavy atom. The number of rotatable bonds is 8. The van der Waals surface area contributed by atoms with E-state index in [1.165, 1.54) is 45.5 Å². The number of hydrogen-bond donors (Lipinski definition) is 2. The number of sulfonamides is 1. The lowest BCUT2D eigenvalue weighted by Crippen LogP contribution is -2.30. The lowest BCUT2D eigenvalue weighted by Gasteiger charge is -2.21. The number of carbonyl (C=O) groups is 1. The van der Waals surface area contributed by atoms with Gasteiger partial charge < -0.3 is 15.4 Å². The molecule has 0 unspecified atom stereocenters. The van der Waals surface area contributed by atoms with Crippen LogP contribution in [-0.4, -0.2) is 52.1 Å². The van der Waals surface area contributed by atoms with Crippen LogP contribution in [-0.2, 0) is 14.8 Å². The summed E-state index contributed by atoms with van der Waals surface area (Å²) in [6, 6.07) is 5.84. The number of hydrogen-bond acceptors (Lipinski definition) is 4. The Kier molecular flexibility index (Phi) is 7.86. The van der Waals surface area contributed by atoms with Gasteiger partial charge in [-0.25, -0.2) is 17.5 Å². The summed E-state index contributed by atoms with van der Waals surface area (Å²) >= 11 is 0. The van der Waals surface area contributed by atoms with Gasteiger partial charge in [0.25, 0.3) is 0 Å². The van der Waals surface area contributed by atoms with Crippen LogP contribution in [0.3, 0.4) is 0 Å². The summed E-state index contributed by atoms with van der Waals surface area (Å²) in [5.41, 5.74) is 0.434. The van der Waals surface area contributed by atoms with Crippen molar-refractivity contribution < 1.29 is 17.9 Å². The quantitative estimate of drug-likeness (QED) is 0.676. The molecule has 0 atom stereocenters. The molecular weight excluding hydrogens is 354 g/mol. The summed E-state index contributed by atoms with van der Waals surface area (Å²) in [5, 5.41) is 5.42. The molecule has 0 heterocycles. The van der Waals surface area contributed by atoms with E-state index in [1.54, 1.807) is 12.1 Å². The predicted octanol–water partition coefficient (Wildman–Crippen LogP) is 2.80. The lowest BCUT2D eigenvalue weighted by atomic mass is 9.98. The molecule has 1 aromatic carbocycles. The Balaban J connectivity index is 1.72. The Hall–Kier alpha value is -1.64. The van der Waals surface area contributed by atoms with E-state index in [2.05, 4.69) is 10.6 Å². The molecule has 0 aliphatic heterocycles. The van der Waals surface area contributed by atoms with Crippen LogP contribution in [0.5, 0.6) is 0 Å². The molecule has 2 amide bonds. The highest BCUT2D eigenvalue weighted by atomic mass is 32.2. The van der Waals surface area contributed by atoms with Crippen LogP contribution in [0.2, 0.25) is 0 Å². The number of nitrogens with one attached hydrogen (secondary N) is 2. The van der Waals surface area contributed by atoms with E-state index in [9.17, 15) is 13.2 Å². The van der Waals surface area contributed by atoms with E-state index >= 15 is 0 Å². The smallest absolute Gasteiger partial charge is 0.319 e. The monoisotopic (exact) mass is 383 g/mol. The highest BCUT2D eigenvalue weighted by Gasteiger charge is 2.17. The fourth-order valence-corrected chi connectivity index (χ4v) is 3.82. The summed E-state index contributed by atoms with van der Waals surface area (Å²) in [6.45, 7) is 1.15. The van der Waals surface area contributed by atoms with E-state index < -0.39 is 10.0 Å². The number of carbonyl (C=O) groups excluding carboxylic acids is 1. The minimum absolute atomic E-state index is 0.140. The van der Waals surface area contributed by atoms with E-state index in [0.717, 1.165) is 23.6 Å². The van der Waals surface area contributed by atoms with Crippen molar-refractivity contribution >= 4 is 21.7 Å². The topological polar surface area (TPSA) is 87.7 Å². The molecule has 7 nitrogen and oxygen atoms in total. The van der Waals surface area contributed by atoms with Gasteiger partial charge in [0.05, 0.1) is 11.0 Å². The highest BCUT2D eigenvalue weighted by molar-refractivity contribution is 7.89. The van der Waals surface area contributed by atoms with Crippen molar-refractivity contribution in [1.82, 2.24) is 9.62 Å². The predicted molar refractivity (Wildman–Crippen MR) is 102 cm³/mol. The molecule has 0 bridgehead atoms. The van der Waals surface area contributed by atoms with Crippen molar-refractivity contribution in [3.63, 3.8) is 0 Å². The van der Waals surface area contributed by atoms with Crippen LogP contribution in [0.25, 0.3) is 0 Å². The summed E-state index contributed by atoms with van der Waals surface area (Å²) in [7, 11) is -0.586. The number of anilines is 1. The van der Waals surface area contributed by atoms with Gasteiger partial charge >= 0.3 is 6.03 Å². The number of amides is 2. The number of nitrogens with zero attached hydrogens (tertiary/aromatic N) is 1. The van der Waals surface area contributed by atoms with Crippen molar-refractivity contribution in [2.45, 2.75) is 49.5 Å². The van der Waals surface area contributed by atoms with Gasteiger partial charge in [-0.2, -0.15) is 0 Å². The SMILES string of the molecule is CN(C)S(=O)(=O)c1cccc(NC(=O)NCCCOC2CCCCC2)c1. The first kappa shape index (κ1) is 20.7. The summed E-state index contributed by atoms with van der Waals surface area (Å²) in [5.74, 6) is 0. The third kappa shape index (κ3) is 6.26. The third-order valence-corrected chi connectivity index (χ3v) is 6.19. The van der Waals surface area contributed by atoms with Gasteiger partial charge in [0.1, 0.15) is 0 Å². The summed E-state index contributed by atoms with van der Waals surface area (Å²) in [6.07, 6.45) is 7.19. The fourth-order valence-electron chi connectivity index (χ4n) is 2.88. The molecule has 0 spiro atoms. The zero-order valence-electron chi connectivity index (χ0n) is 15.5. The van der Waals surface area contributed by atoms with Gasteiger partial charge in [0.2, 0.25) is 10.0 Å². The molecule has 26 heavy (non-hydrogen) atoms. The maximum absolute atomic E-state index is 12.1. The standard InChI is InChI=1S/C18H29N3O4S/c1-21(2)26(23,24)17-11-6-8-15(14-17)20-18(22)19-12-7-13-25-16-9-4-3-5-10-16/h6,8,11,14,16H,3-5,7,9-10,12-13H2,1-2H3,(H2,19,20,22). The lowest BCUT2D eigenvalue weighted by molar-refractivity contribution is 0.0276. The van der Waals surface area contributed by atoms with E-state index in [4.69, 9.17) is 4.74 Å². The second kappa shape index (κ2) is 9.89. The zero-order valence-corrected chi connectivity index (χ0v) is 16.3. The highest BCUT2D eigenvalue weighted by Crippen LogP contribution is 2.20. The molecule has 1 aliphatic rings. The molecule has 0 aromatic heterocycles. The van der Waals surface area contributed by atoms with Crippen LogP contribution in [0.4, 0.5) is 10.5 Å². The van der Waals surface area contributed by atoms with E-state index in [0.29, 0.717) is 24.9 Å². The molecule has 1 fully saturated rings. The molecule has 0 saturated heterocycles. The van der Waals surface area contributed by atoms with Crippen LogP contribution in [0, 0.1) is 0 Å². The Morgan fingerprint density at radius 2 is 1.96 bits per heavy atom. The largest absolute Gasteiger partial charge is 0.378 e. The minimum atomic E-state index is -3.53. The Bertz CT molecular complexity index is 685. The van der Waals surface area contributed by atoms with Gasteiger partial charge in [-0.15, -0.1) is 0 Å². The molecule has 0 radical (unpaired) electrons. The molecule has 2 rings (SSSR count). The third-order valence-electron chi connectivity index (χ3n) is 4.38. The molecule has 8 heteroatoms. The maximum atomic E-state index is 12.1. The van der Waals surface area contributed by atoms with Gasteiger partial charge in [0, 0.05) is 32.9 Å². The fraction of sp³-hybridized carbons (Fsp3) is 0.611. The minimum Gasteiger partial charge on any atom is -0.378 e. The van der Waals surface area contributed by atoms with E-state index in [1.807, 2.05) is 0 Å². The van der Waals surface area contributed by atoms with Crippen molar-refractivity contribution in [2.75, 3.05) is 32.6 Å². The van der Waals surface area contributed by atoms with Gasteiger partial charge in [-0.05, 0) is 37.5 Å². The number of ether oxygens (including phenoxy) is 1. The molecule has 2 N–H and O–H groups in total. The van der Waals surface area contributed by atoms with Crippen molar-refractivity contribution in [2.24, 2.45) is 0 Å².